The van der Waals surface area contributed by atoms with Gasteiger partial charge in [0.05, 0.1) is 6.67 Å². The summed E-state index contributed by atoms with van der Waals surface area (Å²) < 4.78 is 1.09. The largest absolute Gasteiger partial charge is 0.344 e. The highest BCUT2D eigenvalue weighted by Gasteiger charge is 2.24. The lowest BCUT2D eigenvalue weighted by Crippen LogP contribution is -2.42. The van der Waals surface area contributed by atoms with Crippen LogP contribution in [-0.2, 0) is 6.42 Å². The van der Waals surface area contributed by atoms with Crippen LogP contribution in [0.3, 0.4) is 0 Å². The Morgan fingerprint density at radius 1 is 1.10 bits per heavy atom. The van der Waals surface area contributed by atoms with Gasteiger partial charge in [-0.05, 0) is 30.7 Å². The number of hydrogen-bond donors (Lipinski definition) is 0. The maximum Gasteiger partial charge on any atom is 0.137 e. The van der Waals surface area contributed by atoms with Gasteiger partial charge in [-0.3, -0.25) is 4.90 Å². The molecule has 0 bridgehead atoms. The van der Waals surface area contributed by atoms with E-state index in [1.807, 2.05) is 11.8 Å². The molecule has 0 unspecified atom stereocenters. The summed E-state index contributed by atoms with van der Waals surface area (Å²) >= 11 is 7.21. The van der Waals surface area contributed by atoms with E-state index in [1.165, 1.54) is 43.7 Å². The van der Waals surface area contributed by atoms with Crippen molar-refractivity contribution >= 4 is 28.3 Å². The Morgan fingerprint density at radius 2 is 1.85 bits per heavy atom. The summed E-state index contributed by atoms with van der Waals surface area (Å²) in [5, 5.41) is 0. The predicted molar refractivity (Wildman–Crippen MR) is 91.1 cm³/mol. The molecule has 3 rings (SSSR count). The third-order valence-corrected chi connectivity index (χ3v) is 5.79. The van der Waals surface area contributed by atoms with Crippen molar-refractivity contribution in [1.29, 1.82) is 0 Å². The summed E-state index contributed by atoms with van der Waals surface area (Å²) in [6.07, 6.45) is 3.89. The van der Waals surface area contributed by atoms with Crippen LogP contribution in [0.1, 0.15) is 18.4 Å². The third kappa shape index (κ3) is 3.74. The number of nitrogens with zero attached hydrogens (tertiary/aromatic N) is 2. The van der Waals surface area contributed by atoms with Gasteiger partial charge in [0.1, 0.15) is 4.32 Å². The molecule has 2 saturated heterocycles. The van der Waals surface area contributed by atoms with Gasteiger partial charge in [0.2, 0.25) is 0 Å². The average Bonchev–Trinajstić information content (AvgIpc) is 2.88. The molecule has 0 aromatic heterocycles. The Labute approximate surface area is 131 Å². The molecular weight excluding hydrogens is 284 g/mol. The van der Waals surface area contributed by atoms with Crippen molar-refractivity contribution in [3.8, 4) is 0 Å². The molecule has 4 heteroatoms. The summed E-state index contributed by atoms with van der Waals surface area (Å²) in [5.41, 5.74) is 1.49. The van der Waals surface area contributed by atoms with Crippen LogP contribution in [-0.4, -0.2) is 46.2 Å². The van der Waals surface area contributed by atoms with Crippen LogP contribution < -0.4 is 0 Å². The third-order valence-electron chi connectivity index (χ3n) is 4.29. The van der Waals surface area contributed by atoms with Crippen LogP contribution in [0.2, 0.25) is 0 Å². The lowest BCUT2D eigenvalue weighted by molar-refractivity contribution is 0.138. The number of likely N-dealkylation sites (tertiary alicyclic amines) is 1. The lowest BCUT2D eigenvalue weighted by atomic mass is 9.90. The van der Waals surface area contributed by atoms with E-state index in [2.05, 4.69) is 40.1 Å². The molecule has 0 aliphatic carbocycles. The molecule has 2 aliphatic rings. The molecule has 0 N–H and O–H groups in total. The first kappa shape index (κ1) is 14.4. The Balaban J connectivity index is 1.44. The van der Waals surface area contributed by atoms with Gasteiger partial charge in [-0.15, -0.1) is 0 Å². The molecule has 2 nitrogen and oxygen atoms in total. The summed E-state index contributed by atoms with van der Waals surface area (Å²) in [7, 11) is 0. The first-order valence-corrected chi connectivity index (χ1v) is 8.88. The number of piperidine rings is 1. The minimum absolute atomic E-state index is 0.855. The molecule has 2 fully saturated rings. The zero-order valence-corrected chi connectivity index (χ0v) is 13.5. The number of benzene rings is 1. The highest BCUT2D eigenvalue weighted by molar-refractivity contribution is 8.23. The Kier molecular flexibility index (Phi) is 4.97. The maximum atomic E-state index is 5.38. The van der Waals surface area contributed by atoms with Crippen molar-refractivity contribution in [2.45, 2.75) is 19.3 Å². The number of rotatable bonds is 4. The lowest BCUT2D eigenvalue weighted by Gasteiger charge is -2.34. The second-order valence-electron chi connectivity index (χ2n) is 5.77. The van der Waals surface area contributed by atoms with Gasteiger partial charge >= 0.3 is 0 Å². The molecule has 0 radical (unpaired) electrons. The second kappa shape index (κ2) is 6.92. The fourth-order valence-corrected chi connectivity index (χ4v) is 4.29. The maximum absolute atomic E-state index is 5.38. The standard InChI is InChI=1S/C16H22N2S2/c19-16-18(10-11-20-16)13-17-8-6-15(7-9-17)12-14-4-2-1-3-5-14/h1-5,15H,6-13H2. The molecule has 0 atom stereocenters. The van der Waals surface area contributed by atoms with Crippen molar-refractivity contribution in [2.24, 2.45) is 5.92 Å². The quantitative estimate of drug-likeness (QED) is 0.788. The molecule has 20 heavy (non-hydrogen) atoms. The molecular formula is C16H22N2S2. The molecule has 1 aromatic rings. The Hall–Kier alpha value is -0.580. The van der Waals surface area contributed by atoms with Gasteiger partial charge in [-0.25, -0.2) is 0 Å². The zero-order valence-electron chi connectivity index (χ0n) is 11.8. The van der Waals surface area contributed by atoms with Crippen molar-refractivity contribution in [3.05, 3.63) is 35.9 Å². The zero-order chi connectivity index (χ0) is 13.8. The SMILES string of the molecule is S=C1SCCN1CN1CCC(Cc2ccccc2)CC1. The van der Waals surface area contributed by atoms with Crippen LogP contribution >= 0.6 is 24.0 Å². The molecule has 2 aliphatic heterocycles. The monoisotopic (exact) mass is 306 g/mol. The summed E-state index contributed by atoms with van der Waals surface area (Å²) in [6.45, 7) is 4.62. The van der Waals surface area contributed by atoms with Crippen LogP contribution in [0.25, 0.3) is 0 Å². The molecule has 108 valence electrons. The number of thiocarbonyl (C=S) groups is 1. The minimum Gasteiger partial charge on any atom is -0.344 e. The van der Waals surface area contributed by atoms with E-state index in [-0.39, 0.29) is 0 Å². The Morgan fingerprint density at radius 3 is 2.50 bits per heavy atom. The normalized spacial score (nSPS) is 21.6. The molecule has 0 spiro atoms. The highest BCUT2D eigenvalue weighted by atomic mass is 32.2. The predicted octanol–water partition coefficient (Wildman–Crippen LogP) is 3.23. The molecule has 0 saturated carbocycles. The minimum atomic E-state index is 0.855. The fraction of sp³-hybridized carbons (Fsp3) is 0.562. The van der Waals surface area contributed by atoms with Crippen molar-refractivity contribution in [1.82, 2.24) is 9.80 Å². The molecule has 0 amide bonds. The van der Waals surface area contributed by atoms with Crippen LogP contribution in [0.5, 0.6) is 0 Å². The smallest absolute Gasteiger partial charge is 0.137 e. The number of hydrogen-bond acceptors (Lipinski definition) is 3. The van der Waals surface area contributed by atoms with E-state index < -0.39 is 0 Å². The highest BCUT2D eigenvalue weighted by Crippen LogP contribution is 2.23. The van der Waals surface area contributed by atoms with Crippen LogP contribution in [0, 0.1) is 5.92 Å². The summed E-state index contributed by atoms with van der Waals surface area (Å²) in [5.74, 6) is 2.03. The van der Waals surface area contributed by atoms with E-state index in [1.54, 1.807) is 0 Å². The van der Waals surface area contributed by atoms with Crippen molar-refractivity contribution in [2.75, 3.05) is 32.1 Å². The van der Waals surface area contributed by atoms with Gasteiger partial charge in [0.25, 0.3) is 0 Å². The first-order valence-electron chi connectivity index (χ1n) is 7.49. The Bertz CT molecular complexity index is 441. The van der Waals surface area contributed by atoms with E-state index in [4.69, 9.17) is 12.2 Å². The van der Waals surface area contributed by atoms with E-state index in [9.17, 15) is 0 Å². The van der Waals surface area contributed by atoms with Gasteiger partial charge in [-0.1, -0.05) is 54.3 Å². The molecule has 2 heterocycles. The van der Waals surface area contributed by atoms with Gasteiger partial charge in [-0.2, -0.15) is 0 Å². The van der Waals surface area contributed by atoms with Crippen molar-refractivity contribution in [3.63, 3.8) is 0 Å². The van der Waals surface area contributed by atoms with Gasteiger partial charge in [0, 0.05) is 25.4 Å². The first-order chi connectivity index (χ1) is 9.81. The van der Waals surface area contributed by atoms with Crippen LogP contribution in [0.4, 0.5) is 0 Å². The topological polar surface area (TPSA) is 6.48 Å². The van der Waals surface area contributed by atoms with Crippen molar-refractivity contribution < 1.29 is 0 Å². The van der Waals surface area contributed by atoms with E-state index in [0.717, 1.165) is 23.5 Å². The van der Waals surface area contributed by atoms with Gasteiger partial charge in [0.15, 0.2) is 0 Å². The fourth-order valence-electron chi connectivity index (χ4n) is 3.07. The van der Waals surface area contributed by atoms with Crippen LogP contribution in [0.15, 0.2) is 30.3 Å². The second-order valence-corrected chi connectivity index (χ2v) is 7.50. The molecule has 1 aromatic carbocycles. The summed E-state index contributed by atoms with van der Waals surface area (Å²) in [6, 6.07) is 10.9. The number of thioether (sulfide) groups is 1. The average molecular weight is 307 g/mol. The van der Waals surface area contributed by atoms with E-state index >= 15 is 0 Å². The summed E-state index contributed by atoms with van der Waals surface area (Å²) in [4.78, 5) is 4.93. The van der Waals surface area contributed by atoms with Gasteiger partial charge < -0.3 is 4.90 Å². The van der Waals surface area contributed by atoms with E-state index in [0.29, 0.717) is 0 Å².